The lowest BCUT2D eigenvalue weighted by Gasteiger charge is -2.08. The summed E-state index contributed by atoms with van der Waals surface area (Å²) in [5, 5.41) is 18.7. The Labute approximate surface area is 87.3 Å². The van der Waals surface area contributed by atoms with Crippen LogP contribution >= 0.6 is 0 Å². The Morgan fingerprint density at radius 2 is 2.53 bits per heavy atom. The fourth-order valence-corrected chi connectivity index (χ4v) is 0.987. The molecule has 0 fully saturated rings. The van der Waals surface area contributed by atoms with E-state index in [1.165, 1.54) is 10.9 Å². The number of hydrogen-bond acceptors (Lipinski definition) is 5. The first-order chi connectivity index (χ1) is 7.17. The first-order valence-electron chi connectivity index (χ1n) is 4.69. The molecule has 0 aliphatic carbocycles. The smallest absolute Gasteiger partial charge is 0.273 e. The van der Waals surface area contributed by atoms with E-state index in [2.05, 4.69) is 15.6 Å². The normalized spacial score (nSPS) is 12.5. The third-order valence-electron chi connectivity index (χ3n) is 1.78. The second kappa shape index (κ2) is 5.42. The van der Waals surface area contributed by atoms with Crippen molar-refractivity contribution >= 4 is 5.91 Å². The first-order valence-corrected chi connectivity index (χ1v) is 4.69. The van der Waals surface area contributed by atoms with Crippen LogP contribution in [0.15, 0.2) is 6.20 Å². The van der Waals surface area contributed by atoms with Crippen LogP contribution in [0.5, 0.6) is 0 Å². The third-order valence-corrected chi connectivity index (χ3v) is 1.78. The molecule has 0 radical (unpaired) electrons. The summed E-state index contributed by atoms with van der Waals surface area (Å²) in [6, 6.07) is -0.294. The Morgan fingerprint density at radius 1 is 1.80 bits per heavy atom. The zero-order chi connectivity index (χ0) is 11.3. The number of hydrogen-bond donors (Lipinski definition) is 3. The lowest BCUT2D eigenvalue weighted by atomic mass is 10.3. The summed E-state index contributed by atoms with van der Waals surface area (Å²) in [6.07, 6.45) is 1.52. The van der Waals surface area contributed by atoms with E-state index >= 15 is 0 Å². The summed E-state index contributed by atoms with van der Waals surface area (Å²) < 4.78 is 1.50. The highest BCUT2D eigenvalue weighted by Gasteiger charge is 2.12. The molecule has 84 valence electrons. The van der Waals surface area contributed by atoms with Gasteiger partial charge < -0.3 is 16.2 Å². The second-order valence-corrected chi connectivity index (χ2v) is 3.21. The quantitative estimate of drug-likeness (QED) is 0.543. The number of aromatic nitrogens is 3. The third kappa shape index (κ3) is 3.30. The van der Waals surface area contributed by atoms with Crippen molar-refractivity contribution in [1.82, 2.24) is 20.3 Å². The van der Waals surface area contributed by atoms with E-state index in [9.17, 15) is 4.79 Å². The molecule has 1 heterocycles. The summed E-state index contributed by atoms with van der Waals surface area (Å²) in [7, 11) is 0. The highest BCUT2D eigenvalue weighted by Crippen LogP contribution is 1.93. The molecule has 0 spiro atoms. The van der Waals surface area contributed by atoms with Crippen LogP contribution in [0.1, 0.15) is 17.4 Å². The maximum atomic E-state index is 11.5. The van der Waals surface area contributed by atoms with Crippen molar-refractivity contribution < 1.29 is 9.90 Å². The molecule has 0 aliphatic rings. The maximum absolute atomic E-state index is 11.5. The molecule has 15 heavy (non-hydrogen) atoms. The van der Waals surface area contributed by atoms with Crippen LogP contribution in [0, 0.1) is 0 Å². The fourth-order valence-electron chi connectivity index (χ4n) is 0.987. The Balaban J connectivity index is 2.58. The van der Waals surface area contributed by atoms with E-state index in [1.807, 2.05) is 0 Å². The average Bonchev–Trinajstić information content (AvgIpc) is 2.67. The SMILES string of the molecule is C[C@@H](CO)NC(=O)c1cn(CCN)nn1. The van der Waals surface area contributed by atoms with Crippen molar-refractivity contribution in [2.24, 2.45) is 5.73 Å². The molecule has 4 N–H and O–H groups in total. The van der Waals surface area contributed by atoms with Crippen LogP contribution in [-0.2, 0) is 6.54 Å². The van der Waals surface area contributed by atoms with Gasteiger partial charge >= 0.3 is 0 Å². The van der Waals surface area contributed by atoms with Crippen LogP contribution in [0.3, 0.4) is 0 Å². The highest BCUT2D eigenvalue weighted by molar-refractivity contribution is 5.92. The monoisotopic (exact) mass is 213 g/mol. The van der Waals surface area contributed by atoms with Gasteiger partial charge in [-0.1, -0.05) is 5.21 Å². The van der Waals surface area contributed by atoms with Crippen molar-refractivity contribution in [3.63, 3.8) is 0 Å². The summed E-state index contributed by atoms with van der Waals surface area (Å²) in [5.41, 5.74) is 5.55. The highest BCUT2D eigenvalue weighted by atomic mass is 16.3. The average molecular weight is 213 g/mol. The minimum absolute atomic E-state index is 0.108. The van der Waals surface area contributed by atoms with Gasteiger partial charge in [0, 0.05) is 12.6 Å². The molecule has 1 aromatic heterocycles. The van der Waals surface area contributed by atoms with Crippen LogP contribution < -0.4 is 11.1 Å². The molecule has 0 saturated heterocycles. The lowest BCUT2D eigenvalue weighted by molar-refractivity contribution is 0.0917. The van der Waals surface area contributed by atoms with Gasteiger partial charge in [-0.15, -0.1) is 5.10 Å². The Bertz CT molecular complexity index is 325. The van der Waals surface area contributed by atoms with Crippen LogP contribution in [-0.4, -0.2) is 45.2 Å². The van der Waals surface area contributed by atoms with Crippen molar-refractivity contribution in [2.75, 3.05) is 13.2 Å². The predicted octanol–water partition coefficient (Wildman–Crippen LogP) is -1.65. The number of amides is 1. The molecule has 1 amide bonds. The summed E-state index contributed by atoms with van der Waals surface area (Å²) in [4.78, 5) is 11.5. The molecule has 0 aliphatic heterocycles. The number of nitrogens with zero attached hydrogens (tertiary/aromatic N) is 3. The van der Waals surface area contributed by atoms with Crippen molar-refractivity contribution in [2.45, 2.75) is 19.5 Å². The lowest BCUT2D eigenvalue weighted by Crippen LogP contribution is -2.35. The molecule has 0 bridgehead atoms. The van der Waals surface area contributed by atoms with Crippen molar-refractivity contribution in [3.05, 3.63) is 11.9 Å². The van der Waals surface area contributed by atoms with Crippen LogP contribution in [0.2, 0.25) is 0 Å². The van der Waals surface area contributed by atoms with Crippen molar-refractivity contribution in [1.29, 1.82) is 0 Å². The fraction of sp³-hybridized carbons (Fsp3) is 0.625. The standard InChI is InChI=1S/C8H15N5O2/c1-6(5-14)10-8(15)7-4-13(3-2-9)12-11-7/h4,6,14H,2-3,5,9H2,1H3,(H,10,15)/t6-/m0/s1. The number of rotatable bonds is 5. The van der Waals surface area contributed by atoms with E-state index in [0.29, 0.717) is 13.1 Å². The van der Waals surface area contributed by atoms with Gasteiger partial charge in [0.2, 0.25) is 0 Å². The molecule has 0 saturated carbocycles. The number of aliphatic hydroxyl groups excluding tert-OH is 1. The first kappa shape index (κ1) is 11.6. The van der Waals surface area contributed by atoms with Gasteiger partial charge in [-0.2, -0.15) is 0 Å². The van der Waals surface area contributed by atoms with Crippen molar-refractivity contribution in [3.8, 4) is 0 Å². The Hall–Kier alpha value is -1.47. The molecule has 1 rings (SSSR count). The zero-order valence-electron chi connectivity index (χ0n) is 8.55. The van der Waals surface area contributed by atoms with Gasteiger partial charge in [-0.25, -0.2) is 0 Å². The minimum atomic E-state index is -0.347. The summed E-state index contributed by atoms with van der Waals surface area (Å²) in [6.45, 7) is 2.55. The molecular formula is C8H15N5O2. The van der Waals surface area contributed by atoms with E-state index in [0.717, 1.165) is 0 Å². The number of aliphatic hydroxyl groups is 1. The van der Waals surface area contributed by atoms with Gasteiger partial charge in [0.1, 0.15) is 0 Å². The topological polar surface area (TPSA) is 106 Å². The van der Waals surface area contributed by atoms with Gasteiger partial charge in [0.25, 0.3) is 5.91 Å². The number of nitrogens with two attached hydrogens (primary N) is 1. The molecule has 7 nitrogen and oxygen atoms in total. The molecule has 1 aromatic rings. The number of carbonyl (C=O) groups excluding carboxylic acids is 1. The number of nitrogens with one attached hydrogen (secondary N) is 1. The van der Waals surface area contributed by atoms with Gasteiger partial charge in [-0.3, -0.25) is 9.48 Å². The zero-order valence-corrected chi connectivity index (χ0v) is 8.55. The molecule has 0 unspecified atom stereocenters. The predicted molar refractivity (Wildman–Crippen MR) is 53.1 cm³/mol. The molecule has 7 heteroatoms. The van der Waals surface area contributed by atoms with Crippen LogP contribution in [0.25, 0.3) is 0 Å². The van der Waals surface area contributed by atoms with Gasteiger partial charge in [-0.05, 0) is 6.92 Å². The van der Waals surface area contributed by atoms with Gasteiger partial charge in [0.05, 0.1) is 19.3 Å². The Kier molecular flexibility index (Phi) is 4.19. The molecule has 0 aromatic carbocycles. The van der Waals surface area contributed by atoms with E-state index < -0.39 is 0 Å². The Morgan fingerprint density at radius 3 is 3.13 bits per heavy atom. The summed E-state index contributed by atoms with van der Waals surface area (Å²) in [5.74, 6) is -0.347. The van der Waals surface area contributed by atoms with E-state index in [4.69, 9.17) is 10.8 Å². The van der Waals surface area contributed by atoms with E-state index in [-0.39, 0.29) is 24.2 Å². The number of carbonyl (C=O) groups is 1. The maximum Gasteiger partial charge on any atom is 0.273 e. The second-order valence-electron chi connectivity index (χ2n) is 3.21. The van der Waals surface area contributed by atoms with E-state index in [1.54, 1.807) is 6.92 Å². The van der Waals surface area contributed by atoms with Crippen LogP contribution in [0.4, 0.5) is 0 Å². The minimum Gasteiger partial charge on any atom is -0.394 e. The van der Waals surface area contributed by atoms with Gasteiger partial charge in [0.15, 0.2) is 5.69 Å². The largest absolute Gasteiger partial charge is 0.394 e. The molecular weight excluding hydrogens is 198 g/mol. The molecule has 1 atom stereocenters. The summed E-state index contributed by atoms with van der Waals surface area (Å²) >= 11 is 0.